The van der Waals surface area contributed by atoms with E-state index in [1.807, 2.05) is 6.92 Å². The van der Waals surface area contributed by atoms with E-state index in [-0.39, 0.29) is 23.8 Å². The molecule has 1 amide bonds. The van der Waals surface area contributed by atoms with Gasteiger partial charge in [-0.25, -0.2) is 17.9 Å². The van der Waals surface area contributed by atoms with Crippen LogP contribution in [-0.4, -0.2) is 34.7 Å². The number of nitrogens with zero attached hydrogens (tertiary/aromatic N) is 2. The molecule has 0 bridgehead atoms. The zero-order chi connectivity index (χ0) is 17.0. The van der Waals surface area contributed by atoms with Crippen molar-refractivity contribution in [1.29, 1.82) is 0 Å². The Labute approximate surface area is 143 Å². The molecule has 1 aromatic heterocycles. The highest BCUT2D eigenvalue weighted by Crippen LogP contribution is 2.17. The smallest absolute Gasteiger partial charge is 0.277 e. The maximum absolute atomic E-state index is 13.1. The van der Waals surface area contributed by atoms with Crippen molar-refractivity contribution >= 4 is 18.3 Å². The van der Waals surface area contributed by atoms with E-state index < -0.39 is 24.9 Å². The van der Waals surface area contributed by atoms with Crippen LogP contribution in [-0.2, 0) is 6.42 Å². The molecule has 0 fully saturated rings. The lowest BCUT2D eigenvalue weighted by atomic mass is 10.2. The van der Waals surface area contributed by atoms with Crippen molar-refractivity contribution in [3.8, 4) is 5.69 Å². The van der Waals surface area contributed by atoms with Crippen LogP contribution in [0.4, 0.5) is 13.2 Å². The van der Waals surface area contributed by atoms with Crippen molar-refractivity contribution in [1.82, 2.24) is 15.1 Å². The van der Waals surface area contributed by atoms with Crippen LogP contribution < -0.4 is 11.1 Å². The van der Waals surface area contributed by atoms with Gasteiger partial charge in [-0.05, 0) is 30.7 Å². The summed E-state index contributed by atoms with van der Waals surface area (Å²) in [5.41, 5.74) is 6.25. The Kier molecular flexibility index (Phi) is 6.80. The van der Waals surface area contributed by atoms with Crippen molar-refractivity contribution in [2.24, 2.45) is 5.73 Å². The fourth-order valence-corrected chi connectivity index (χ4v) is 2.09. The van der Waals surface area contributed by atoms with Crippen LogP contribution in [0.15, 0.2) is 30.5 Å². The SMILES string of the molecule is CCc1c(C(=O)NCC(F)(F)CN)cnn1-c1ccc(F)cc1.Cl. The minimum atomic E-state index is -3.16. The van der Waals surface area contributed by atoms with Crippen LogP contribution in [0.2, 0.25) is 0 Å². The molecule has 0 unspecified atom stereocenters. The first-order valence-electron chi connectivity index (χ1n) is 7.07. The minimum Gasteiger partial charge on any atom is -0.346 e. The van der Waals surface area contributed by atoms with Gasteiger partial charge < -0.3 is 11.1 Å². The second kappa shape index (κ2) is 8.16. The zero-order valence-electron chi connectivity index (χ0n) is 12.9. The van der Waals surface area contributed by atoms with Gasteiger partial charge in [-0.3, -0.25) is 4.79 Å². The lowest BCUT2D eigenvalue weighted by Crippen LogP contribution is -2.41. The standard InChI is InChI=1S/C15H17F3N4O.ClH/c1-2-13-12(14(23)20-9-15(17,18)8-19)7-21-22(13)11-5-3-10(16)4-6-11;/h3-7H,2,8-9,19H2,1H3,(H,20,23);1H. The molecule has 2 rings (SSSR count). The summed E-state index contributed by atoms with van der Waals surface area (Å²) in [6.45, 7) is 0.123. The van der Waals surface area contributed by atoms with Crippen LogP contribution in [0.25, 0.3) is 5.69 Å². The Morgan fingerprint density at radius 3 is 2.50 bits per heavy atom. The van der Waals surface area contributed by atoms with Crippen molar-refractivity contribution in [2.75, 3.05) is 13.1 Å². The number of alkyl halides is 2. The first kappa shape index (κ1) is 20.0. The molecule has 0 aliphatic rings. The average Bonchev–Trinajstić information content (AvgIpc) is 2.97. The number of nitrogens with two attached hydrogens (primary N) is 1. The summed E-state index contributed by atoms with van der Waals surface area (Å²) in [4.78, 5) is 12.1. The Morgan fingerprint density at radius 2 is 1.96 bits per heavy atom. The van der Waals surface area contributed by atoms with Gasteiger partial charge in [0.05, 0.1) is 36.2 Å². The summed E-state index contributed by atoms with van der Waals surface area (Å²) >= 11 is 0. The predicted octanol–water partition coefficient (Wildman–Crippen LogP) is 2.32. The van der Waals surface area contributed by atoms with Gasteiger partial charge in [0.25, 0.3) is 11.8 Å². The molecule has 0 radical (unpaired) electrons. The quantitative estimate of drug-likeness (QED) is 0.828. The maximum Gasteiger partial charge on any atom is 0.277 e. The lowest BCUT2D eigenvalue weighted by molar-refractivity contribution is 0.0118. The van der Waals surface area contributed by atoms with Gasteiger partial charge in [0.1, 0.15) is 5.82 Å². The molecule has 0 aliphatic heterocycles. The van der Waals surface area contributed by atoms with E-state index in [0.717, 1.165) is 0 Å². The van der Waals surface area contributed by atoms with E-state index in [1.165, 1.54) is 35.1 Å². The number of benzene rings is 1. The molecule has 1 aromatic carbocycles. The minimum absolute atomic E-state index is 0. The number of hydrogen-bond donors (Lipinski definition) is 2. The van der Waals surface area contributed by atoms with E-state index in [0.29, 0.717) is 17.8 Å². The van der Waals surface area contributed by atoms with Gasteiger partial charge in [0.15, 0.2) is 0 Å². The molecule has 1 heterocycles. The van der Waals surface area contributed by atoms with Crippen molar-refractivity contribution in [3.63, 3.8) is 0 Å². The molecule has 2 aromatic rings. The number of amides is 1. The molecule has 5 nitrogen and oxygen atoms in total. The normalized spacial score (nSPS) is 11.0. The van der Waals surface area contributed by atoms with Gasteiger partial charge in [0.2, 0.25) is 0 Å². The largest absolute Gasteiger partial charge is 0.346 e. The molecular formula is C15H18ClF3N4O. The van der Waals surface area contributed by atoms with Crippen LogP contribution >= 0.6 is 12.4 Å². The molecule has 24 heavy (non-hydrogen) atoms. The highest BCUT2D eigenvalue weighted by Gasteiger charge is 2.28. The van der Waals surface area contributed by atoms with Gasteiger partial charge >= 0.3 is 0 Å². The van der Waals surface area contributed by atoms with Crippen LogP contribution in [0.5, 0.6) is 0 Å². The van der Waals surface area contributed by atoms with Crippen molar-refractivity contribution in [2.45, 2.75) is 19.3 Å². The average molecular weight is 363 g/mol. The third-order valence-corrected chi connectivity index (χ3v) is 3.33. The summed E-state index contributed by atoms with van der Waals surface area (Å²) in [5.74, 6) is -4.20. The van der Waals surface area contributed by atoms with E-state index >= 15 is 0 Å². The molecule has 0 aliphatic carbocycles. The fourth-order valence-electron chi connectivity index (χ4n) is 2.09. The Hall–Kier alpha value is -2.06. The third kappa shape index (κ3) is 4.48. The molecule has 0 saturated heterocycles. The number of aromatic nitrogens is 2. The Bertz CT molecular complexity index is 689. The molecule has 0 spiro atoms. The summed E-state index contributed by atoms with van der Waals surface area (Å²) in [5, 5.41) is 6.25. The second-order valence-corrected chi connectivity index (χ2v) is 4.99. The number of nitrogens with one attached hydrogen (secondary N) is 1. The maximum atomic E-state index is 13.1. The highest BCUT2D eigenvalue weighted by atomic mass is 35.5. The van der Waals surface area contributed by atoms with Crippen LogP contribution in [0, 0.1) is 5.82 Å². The van der Waals surface area contributed by atoms with E-state index in [9.17, 15) is 18.0 Å². The Morgan fingerprint density at radius 1 is 1.33 bits per heavy atom. The molecule has 0 saturated carbocycles. The first-order valence-corrected chi connectivity index (χ1v) is 7.07. The van der Waals surface area contributed by atoms with Crippen LogP contribution in [0.3, 0.4) is 0 Å². The Balaban J connectivity index is 0.00000288. The summed E-state index contributed by atoms with van der Waals surface area (Å²) in [6, 6.07) is 5.59. The monoisotopic (exact) mass is 362 g/mol. The predicted molar refractivity (Wildman–Crippen MR) is 86.5 cm³/mol. The second-order valence-electron chi connectivity index (χ2n) is 4.99. The molecule has 132 valence electrons. The van der Waals surface area contributed by atoms with Crippen molar-refractivity contribution < 1.29 is 18.0 Å². The number of hydrogen-bond acceptors (Lipinski definition) is 3. The number of rotatable bonds is 6. The first-order chi connectivity index (χ1) is 10.9. The fraction of sp³-hybridized carbons (Fsp3) is 0.333. The van der Waals surface area contributed by atoms with Gasteiger partial charge in [-0.15, -0.1) is 12.4 Å². The van der Waals surface area contributed by atoms with Gasteiger partial charge in [-0.1, -0.05) is 6.92 Å². The summed E-state index contributed by atoms with van der Waals surface area (Å²) in [7, 11) is 0. The number of halogens is 4. The summed E-state index contributed by atoms with van der Waals surface area (Å²) in [6.07, 6.45) is 1.76. The molecule has 3 N–H and O–H groups in total. The molecular weight excluding hydrogens is 345 g/mol. The highest BCUT2D eigenvalue weighted by molar-refractivity contribution is 5.95. The zero-order valence-corrected chi connectivity index (χ0v) is 13.7. The third-order valence-electron chi connectivity index (χ3n) is 3.33. The van der Waals surface area contributed by atoms with E-state index in [2.05, 4.69) is 10.4 Å². The van der Waals surface area contributed by atoms with Gasteiger partial charge in [-0.2, -0.15) is 5.10 Å². The van der Waals surface area contributed by atoms with Crippen LogP contribution in [0.1, 0.15) is 23.0 Å². The topological polar surface area (TPSA) is 72.9 Å². The molecule has 0 atom stereocenters. The van der Waals surface area contributed by atoms with E-state index in [1.54, 1.807) is 0 Å². The van der Waals surface area contributed by atoms with E-state index in [4.69, 9.17) is 5.73 Å². The summed E-state index contributed by atoms with van der Waals surface area (Å²) < 4.78 is 40.7. The van der Waals surface area contributed by atoms with Crippen molar-refractivity contribution in [3.05, 3.63) is 47.5 Å². The number of carbonyl (C=O) groups is 1. The lowest BCUT2D eigenvalue weighted by Gasteiger charge is -2.14. The van der Waals surface area contributed by atoms with Gasteiger partial charge in [0, 0.05) is 0 Å². The number of carbonyl (C=O) groups excluding carboxylic acids is 1. The molecule has 9 heteroatoms.